The van der Waals surface area contributed by atoms with Gasteiger partial charge in [0.1, 0.15) is 0 Å². The third-order valence-corrected chi connectivity index (χ3v) is 3.38. The zero-order valence-corrected chi connectivity index (χ0v) is 12.7. The van der Waals surface area contributed by atoms with Gasteiger partial charge in [0, 0.05) is 40.6 Å². The number of hydrogen-bond donors (Lipinski definition) is 1. The van der Waals surface area contributed by atoms with Crippen molar-refractivity contribution >= 4 is 38.9 Å². The van der Waals surface area contributed by atoms with Crippen molar-refractivity contribution in [3.05, 3.63) is 62.6 Å². The van der Waals surface area contributed by atoms with Crippen molar-refractivity contribution in [2.75, 3.05) is 17.7 Å². The number of rotatable bonds is 3. The summed E-state index contributed by atoms with van der Waals surface area (Å²) in [6.45, 7) is 0. The lowest BCUT2D eigenvalue weighted by atomic mass is 10.1. The number of anilines is 2. The summed E-state index contributed by atoms with van der Waals surface area (Å²) in [5, 5.41) is 10.6. The number of nitro benzene ring substituents is 1. The van der Waals surface area contributed by atoms with Gasteiger partial charge in [0.15, 0.2) is 0 Å². The van der Waals surface area contributed by atoms with Crippen molar-refractivity contribution in [2.24, 2.45) is 0 Å². The molecule has 108 valence electrons. The molecule has 0 bridgehead atoms. The molecule has 2 N–H and O–H groups in total. The maximum atomic E-state index is 12.4. The van der Waals surface area contributed by atoms with Crippen LogP contribution < -0.4 is 10.6 Å². The van der Waals surface area contributed by atoms with Gasteiger partial charge >= 0.3 is 0 Å². The highest BCUT2D eigenvalue weighted by atomic mass is 79.9. The van der Waals surface area contributed by atoms with Gasteiger partial charge in [0.2, 0.25) is 0 Å². The number of carbonyl (C=O) groups excluding carboxylic acids is 1. The molecule has 0 saturated heterocycles. The van der Waals surface area contributed by atoms with E-state index in [4.69, 9.17) is 5.73 Å². The fourth-order valence-corrected chi connectivity index (χ4v) is 2.36. The normalized spacial score (nSPS) is 10.2. The summed E-state index contributed by atoms with van der Waals surface area (Å²) in [6.07, 6.45) is 0. The fraction of sp³-hybridized carbons (Fsp3) is 0.0714. The first-order valence-electron chi connectivity index (χ1n) is 5.97. The van der Waals surface area contributed by atoms with Crippen LogP contribution in [0.15, 0.2) is 46.9 Å². The van der Waals surface area contributed by atoms with Crippen molar-refractivity contribution in [1.29, 1.82) is 0 Å². The molecular formula is C14H12BrN3O3. The highest BCUT2D eigenvalue weighted by molar-refractivity contribution is 9.10. The van der Waals surface area contributed by atoms with Gasteiger partial charge < -0.3 is 10.6 Å². The van der Waals surface area contributed by atoms with Crippen LogP contribution in [0.4, 0.5) is 17.1 Å². The summed E-state index contributed by atoms with van der Waals surface area (Å²) in [4.78, 5) is 23.9. The molecule has 0 spiro atoms. The summed E-state index contributed by atoms with van der Waals surface area (Å²) in [5.74, 6) is -0.253. The van der Waals surface area contributed by atoms with Gasteiger partial charge in [0.25, 0.3) is 11.6 Å². The van der Waals surface area contributed by atoms with E-state index in [1.165, 1.54) is 29.2 Å². The number of carbonyl (C=O) groups is 1. The van der Waals surface area contributed by atoms with Gasteiger partial charge in [0.05, 0.1) is 4.92 Å². The average molecular weight is 350 g/mol. The molecule has 2 aromatic rings. The highest BCUT2D eigenvalue weighted by Gasteiger charge is 2.15. The zero-order chi connectivity index (χ0) is 15.6. The molecule has 0 heterocycles. The Bertz CT molecular complexity index is 681. The number of amides is 1. The molecule has 0 fully saturated rings. The maximum Gasteiger partial charge on any atom is 0.269 e. The van der Waals surface area contributed by atoms with Crippen molar-refractivity contribution in [3.8, 4) is 0 Å². The Morgan fingerprint density at radius 3 is 2.38 bits per heavy atom. The first-order valence-corrected chi connectivity index (χ1v) is 6.76. The molecule has 0 saturated carbocycles. The molecule has 0 aromatic heterocycles. The lowest BCUT2D eigenvalue weighted by Crippen LogP contribution is -2.26. The van der Waals surface area contributed by atoms with Crippen molar-refractivity contribution in [1.82, 2.24) is 0 Å². The van der Waals surface area contributed by atoms with Gasteiger partial charge in [-0.3, -0.25) is 14.9 Å². The van der Waals surface area contributed by atoms with E-state index in [9.17, 15) is 14.9 Å². The number of non-ortho nitro benzene ring substituents is 1. The summed E-state index contributed by atoms with van der Waals surface area (Å²) in [7, 11) is 1.60. The summed E-state index contributed by atoms with van der Waals surface area (Å²) in [5.41, 5.74) is 7.16. The Hall–Kier alpha value is -2.41. The third kappa shape index (κ3) is 3.38. The highest BCUT2D eigenvalue weighted by Crippen LogP contribution is 2.22. The lowest BCUT2D eigenvalue weighted by Gasteiger charge is -2.17. The molecular weight excluding hydrogens is 338 g/mol. The minimum Gasteiger partial charge on any atom is -0.399 e. The molecule has 0 aliphatic rings. The number of nitrogen functional groups attached to an aromatic ring is 1. The topological polar surface area (TPSA) is 89.5 Å². The molecule has 0 aliphatic heterocycles. The third-order valence-electron chi connectivity index (χ3n) is 2.92. The molecule has 0 atom stereocenters. The second kappa shape index (κ2) is 5.92. The van der Waals surface area contributed by atoms with Gasteiger partial charge in [-0.2, -0.15) is 0 Å². The van der Waals surface area contributed by atoms with Gasteiger partial charge in [-0.25, -0.2) is 0 Å². The van der Waals surface area contributed by atoms with Crippen LogP contribution in [0.1, 0.15) is 10.4 Å². The van der Waals surface area contributed by atoms with Crippen molar-refractivity contribution < 1.29 is 9.72 Å². The molecule has 0 radical (unpaired) electrons. The number of nitrogens with two attached hydrogens (primary N) is 1. The number of hydrogen-bond acceptors (Lipinski definition) is 4. The average Bonchev–Trinajstić information content (AvgIpc) is 2.44. The fourth-order valence-electron chi connectivity index (χ4n) is 1.84. The first-order chi connectivity index (χ1) is 9.88. The van der Waals surface area contributed by atoms with Crippen LogP contribution in [0.2, 0.25) is 0 Å². The molecule has 2 aromatic carbocycles. The Kier molecular flexibility index (Phi) is 4.23. The quantitative estimate of drug-likeness (QED) is 0.523. The number of benzene rings is 2. The van der Waals surface area contributed by atoms with E-state index in [0.29, 0.717) is 21.4 Å². The van der Waals surface area contributed by atoms with Crippen molar-refractivity contribution in [3.63, 3.8) is 0 Å². The molecule has 6 nitrogen and oxygen atoms in total. The SMILES string of the molecule is CN(C(=O)c1cc(N)cc(Br)c1)c1ccc([N+](=O)[O-])cc1. The minimum atomic E-state index is -0.486. The molecule has 2 rings (SSSR count). The van der Waals surface area contributed by atoms with E-state index >= 15 is 0 Å². The Labute approximate surface area is 129 Å². The Morgan fingerprint density at radius 1 is 1.24 bits per heavy atom. The molecule has 0 unspecified atom stereocenters. The van der Waals surface area contributed by atoms with Crippen LogP contribution in [0.3, 0.4) is 0 Å². The van der Waals surface area contributed by atoms with E-state index in [2.05, 4.69) is 15.9 Å². The number of halogens is 1. The Balaban J connectivity index is 2.28. The smallest absolute Gasteiger partial charge is 0.269 e. The Morgan fingerprint density at radius 2 is 1.86 bits per heavy atom. The van der Waals surface area contributed by atoms with E-state index < -0.39 is 4.92 Å². The van der Waals surface area contributed by atoms with Gasteiger partial charge in [-0.05, 0) is 30.3 Å². The van der Waals surface area contributed by atoms with Gasteiger partial charge in [-0.15, -0.1) is 0 Å². The van der Waals surface area contributed by atoms with Crippen LogP contribution in [0, 0.1) is 10.1 Å². The predicted molar refractivity (Wildman–Crippen MR) is 84.4 cm³/mol. The van der Waals surface area contributed by atoms with Crippen LogP contribution in [-0.2, 0) is 0 Å². The number of nitro groups is 1. The molecule has 7 heteroatoms. The van der Waals surface area contributed by atoms with Crippen molar-refractivity contribution in [2.45, 2.75) is 0 Å². The lowest BCUT2D eigenvalue weighted by molar-refractivity contribution is -0.384. The summed E-state index contributed by atoms with van der Waals surface area (Å²) >= 11 is 3.29. The number of nitrogens with zero attached hydrogens (tertiary/aromatic N) is 2. The largest absolute Gasteiger partial charge is 0.399 e. The van der Waals surface area contributed by atoms with Gasteiger partial charge in [-0.1, -0.05) is 15.9 Å². The second-order valence-corrected chi connectivity index (χ2v) is 5.33. The van der Waals surface area contributed by atoms with Crippen LogP contribution in [0.5, 0.6) is 0 Å². The standard InChI is InChI=1S/C14H12BrN3O3/c1-17(12-2-4-13(5-3-12)18(20)21)14(19)9-6-10(15)8-11(16)7-9/h2-8H,16H2,1H3. The van der Waals surface area contributed by atoms with E-state index in [1.54, 1.807) is 25.2 Å². The zero-order valence-electron chi connectivity index (χ0n) is 11.1. The predicted octanol–water partition coefficient (Wildman–Crippen LogP) is 3.22. The molecule has 0 aliphatic carbocycles. The second-order valence-electron chi connectivity index (χ2n) is 4.41. The van der Waals surface area contributed by atoms with Crippen LogP contribution >= 0.6 is 15.9 Å². The monoisotopic (exact) mass is 349 g/mol. The van der Waals surface area contributed by atoms with Crippen LogP contribution in [-0.4, -0.2) is 17.9 Å². The summed E-state index contributed by atoms with van der Waals surface area (Å²) < 4.78 is 0.711. The van der Waals surface area contributed by atoms with E-state index in [-0.39, 0.29) is 11.6 Å². The van der Waals surface area contributed by atoms with E-state index in [1.807, 2.05) is 0 Å². The minimum absolute atomic E-state index is 0.0219. The maximum absolute atomic E-state index is 12.4. The molecule has 1 amide bonds. The molecule has 21 heavy (non-hydrogen) atoms. The van der Waals surface area contributed by atoms with E-state index in [0.717, 1.165) is 0 Å². The van der Waals surface area contributed by atoms with Crippen LogP contribution in [0.25, 0.3) is 0 Å². The first kappa shape index (κ1) is 15.0. The summed E-state index contributed by atoms with van der Waals surface area (Å²) in [6, 6.07) is 10.7.